The zero-order chi connectivity index (χ0) is 32.9. The van der Waals surface area contributed by atoms with Crippen LogP contribution in [0.1, 0.15) is 29.8 Å². The van der Waals surface area contributed by atoms with E-state index in [1.807, 2.05) is 39.1 Å². The number of carbonyl (C=O) groups is 2. The Labute approximate surface area is 274 Å². The molecule has 2 aliphatic heterocycles. The van der Waals surface area contributed by atoms with E-state index in [1.54, 1.807) is 41.3 Å². The standard InChI is InChI=1S/C37H40N4O6/c1-24-19-41(25(2)22-42)36(43)30-10-7-11-31(39-37(44)38-29-16-17-32-33(18-29)46-23-45-32)35(30)47-34(24)21-40(3)20-26-12-14-28(15-13-26)27-8-5-4-6-9-27/h4-18,24-25,34,42H,19-23H2,1-3H3,(H2,38,39,44)/t24-,25-,34+/m1/s1. The Bertz CT molecular complexity index is 1710. The lowest BCUT2D eigenvalue weighted by Gasteiger charge is -2.38. The minimum absolute atomic E-state index is 0.0838. The molecule has 0 aromatic heterocycles. The van der Waals surface area contributed by atoms with Crippen LogP contribution in [0, 0.1) is 5.92 Å². The maximum Gasteiger partial charge on any atom is 0.323 e. The van der Waals surface area contributed by atoms with Crippen LogP contribution in [0.5, 0.6) is 17.2 Å². The van der Waals surface area contributed by atoms with Gasteiger partial charge in [0.05, 0.1) is 23.9 Å². The Kier molecular flexibility index (Phi) is 9.60. The number of hydrogen-bond acceptors (Lipinski definition) is 7. The molecule has 2 aliphatic rings. The number of anilines is 2. The number of aliphatic hydroxyl groups is 1. The van der Waals surface area contributed by atoms with Crippen molar-refractivity contribution in [3.8, 4) is 28.4 Å². The number of nitrogens with one attached hydrogen (secondary N) is 2. The molecule has 0 radical (unpaired) electrons. The van der Waals surface area contributed by atoms with Crippen LogP contribution in [-0.4, -0.2) is 72.5 Å². The molecule has 0 fully saturated rings. The van der Waals surface area contributed by atoms with Crippen LogP contribution in [0.15, 0.2) is 91.0 Å². The summed E-state index contributed by atoms with van der Waals surface area (Å²) in [5, 5.41) is 15.7. The molecule has 0 saturated heterocycles. The van der Waals surface area contributed by atoms with Crippen LogP contribution in [0.25, 0.3) is 11.1 Å². The highest BCUT2D eigenvalue weighted by molar-refractivity contribution is 6.04. The monoisotopic (exact) mass is 636 g/mol. The number of rotatable bonds is 9. The predicted molar refractivity (Wildman–Crippen MR) is 181 cm³/mol. The third-order valence-corrected chi connectivity index (χ3v) is 8.57. The molecule has 3 N–H and O–H groups in total. The van der Waals surface area contributed by atoms with Gasteiger partial charge < -0.3 is 34.9 Å². The van der Waals surface area contributed by atoms with Gasteiger partial charge in [-0.15, -0.1) is 0 Å². The lowest BCUT2D eigenvalue weighted by molar-refractivity contribution is 0.0343. The van der Waals surface area contributed by atoms with Gasteiger partial charge >= 0.3 is 6.03 Å². The minimum Gasteiger partial charge on any atom is -0.486 e. The van der Waals surface area contributed by atoms with Crippen LogP contribution in [-0.2, 0) is 6.54 Å². The van der Waals surface area contributed by atoms with Crippen molar-refractivity contribution in [3.05, 3.63) is 102 Å². The normalized spacial score (nSPS) is 17.7. The van der Waals surface area contributed by atoms with Crippen LogP contribution < -0.4 is 24.8 Å². The number of benzene rings is 4. The highest BCUT2D eigenvalue weighted by atomic mass is 16.7. The Morgan fingerprint density at radius 2 is 1.70 bits per heavy atom. The van der Waals surface area contributed by atoms with E-state index in [0.29, 0.717) is 53.8 Å². The van der Waals surface area contributed by atoms with Crippen molar-refractivity contribution in [2.45, 2.75) is 32.5 Å². The molecule has 4 aromatic rings. The van der Waals surface area contributed by atoms with Crippen LogP contribution >= 0.6 is 0 Å². The Morgan fingerprint density at radius 3 is 2.47 bits per heavy atom. The quantitative estimate of drug-likeness (QED) is 0.204. The number of para-hydroxylation sites is 1. The van der Waals surface area contributed by atoms with Gasteiger partial charge in [0, 0.05) is 37.3 Å². The number of nitrogens with zero attached hydrogens (tertiary/aromatic N) is 2. The molecule has 4 aromatic carbocycles. The summed E-state index contributed by atoms with van der Waals surface area (Å²) >= 11 is 0. The van der Waals surface area contributed by atoms with Crippen molar-refractivity contribution < 1.29 is 28.9 Å². The van der Waals surface area contributed by atoms with Crippen molar-refractivity contribution in [1.29, 1.82) is 0 Å². The van der Waals surface area contributed by atoms with Gasteiger partial charge in [0.25, 0.3) is 5.91 Å². The highest BCUT2D eigenvalue weighted by Crippen LogP contribution is 2.36. The molecule has 10 nitrogen and oxygen atoms in total. The smallest absolute Gasteiger partial charge is 0.323 e. The number of fused-ring (bicyclic) bond motifs is 2. The maximum absolute atomic E-state index is 13.8. The van der Waals surface area contributed by atoms with E-state index >= 15 is 0 Å². The van der Waals surface area contributed by atoms with E-state index in [9.17, 15) is 14.7 Å². The van der Waals surface area contributed by atoms with Crippen molar-refractivity contribution >= 4 is 23.3 Å². The second-order valence-electron chi connectivity index (χ2n) is 12.2. The zero-order valence-electron chi connectivity index (χ0n) is 26.8. The summed E-state index contributed by atoms with van der Waals surface area (Å²) in [5.74, 6) is 1.11. The van der Waals surface area contributed by atoms with Gasteiger partial charge in [0.15, 0.2) is 17.2 Å². The number of urea groups is 1. The molecular formula is C37H40N4O6. The molecular weight excluding hydrogens is 596 g/mol. The Morgan fingerprint density at radius 1 is 0.957 bits per heavy atom. The van der Waals surface area contributed by atoms with Gasteiger partial charge in [-0.05, 0) is 54.9 Å². The van der Waals surface area contributed by atoms with Crippen LogP contribution in [0.2, 0.25) is 0 Å². The average molecular weight is 637 g/mol. The predicted octanol–water partition coefficient (Wildman–Crippen LogP) is 6.08. The number of carbonyl (C=O) groups excluding carboxylic acids is 2. The topological polar surface area (TPSA) is 113 Å². The molecule has 10 heteroatoms. The summed E-state index contributed by atoms with van der Waals surface area (Å²) in [7, 11) is 2.04. The van der Waals surface area contributed by atoms with Crippen LogP contribution in [0.3, 0.4) is 0 Å². The fraction of sp³-hybridized carbons (Fsp3) is 0.297. The first kappa shape index (κ1) is 31.9. The number of ether oxygens (including phenoxy) is 3. The largest absolute Gasteiger partial charge is 0.486 e. The molecule has 0 aliphatic carbocycles. The molecule has 244 valence electrons. The van der Waals surface area contributed by atoms with Gasteiger partial charge in [-0.25, -0.2) is 4.79 Å². The molecule has 3 atom stereocenters. The zero-order valence-corrected chi connectivity index (χ0v) is 26.8. The van der Waals surface area contributed by atoms with Crippen molar-refractivity contribution in [3.63, 3.8) is 0 Å². The van der Waals surface area contributed by atoms with Crippen LogP contribution in [0.4, 0.5) is 16.2 Å². The first-order valence-corrected chi connectivity index (χ1v) is 15.8. The van der Waals surface area contributed by atoms with Crippen molar-refractivity contribution in [2.75, 3.05) is 44.2 Å². The highest BCUT2D eigenvalue weighted by Gasteiger charge is 2.34. The molecule has 0 spiro atoms. The number of hydrogen-bond donors (Lipinski definition) is 3. The van der Waals surface area contributed by atoms with Gasteiger partial charge in [0.1, 0.15) is 6.10 Å². The summed E-state index contributed by atoms with van der Waals surface area (Å²) in [6.07, 6.45) is -0.330. The number of likely N-dealkylation sites (N-methyl/N-ethyl adjacent to an activating group) is 1. The number of amides is 3. The van der Waals surface area contributed by atoms with E-state index in [1.165, 1.54) is 11.1 Å². The minimum atomic E-state index is -0.503. The molecule has 0 saturated carbocycles. The Hall–Kier alpha value is -5.06. The lowest BCUT2D eigenvalue weighted by Crippen LogP contribution is -2.49. The molecule has 0 unspecified atom stereocenters. The van der Waals surface area contributed by atoms with Crippen molar-refractivity contribution in [2.24, 2.45) is 5.92 Å². The lowest BCUT2D eigenvalue weighted by atomic mass is 9.98. The SMILES string of the molecule is C[C@@H]1CN([C@H](C)CO)C(=O)c2cccc(NC(=O)Nc3ccc4c(c3)OCO4)c2O[C@H]1CN(C)Cc1ccc(-c2ccccc2)cc1. The van der Waals surface area contributed by atoms with E-state index < -0.39 is 12.1 Å². The van der Waals surface area contributed by atoms with E-state index in [4.69, 9.17) is 14.2 Å². The molecule has 3 amide bonds. The second-order valence-corrected chi connectivity index (χ2v) is 12.2. The molecule has 2 heterocycles. The third kappa shape index (κ3) is 7.34. The van der Waals surface area contributed by atoms with Gasteiger partial charge in [-0.1, -0.05) is 67.6 Å². The number of aliphatic hydroxyl groups excluding tert-OH is 1. The van der Waals surface area contributed by atoms with Gasteiger partial charge in [-0.3, -0.25) is 9.69 Å². The molecule has 47 heavy (non-hydrogen) atoms. The van der Waals surface area contributed by atoms with Gasteiger partial charge in [-0.2, -0.15) is 0 Å². The van der Waals surface area contributed by atoms with E-state index in [-0.39, 0.29) is 31.3 Å². The summed E-state index contributed by atoms with van der Waals surface area (Å²) in [6, 6.07) is 28.2. The van der Waals surface area contributed by atoms with Gasteiger partial charge in [0.2, 0.25) is 6.79 Å². The average Bonchev–Trinajstić information content (AvgIpc) is 3.55. The fourth-order valence-electron chi connectivity index (χ4n) is 5.94. The first-order valence-electron chi connectivity index (χ1n) is 15.8. The third-order valence-electron chi connectivity index (χ3n) is 8.57. The summed E-state index contributed by atoms with van der Waals surface area (Å²) in [6.45, 7) is 5.50. The Balaban J connectivity index is 1.22. The molecule has 6 rings (SSSR count). The van der Waals surface area contributed by atoms with Crippen molar-refractivity contribution in [1.82, 2.24) is 9.80 Å². The fourth-order valence-corrected chi connectivity index (χ4v) is 5.94. The summed E-state index contributed by atoms with van der Waals surface area (Å²) in [4.78, 5) is 30.9. The summed E-state index contributed by atoms with van der Waals surface area (Å²) in [5.41, 5.74) is 4.71. The van der Waals surface area contributed by atoms with E-state index in [2.05, 4.69) is 51.9 Å². The first-order chi connectivity index (χ1) is 22.8. The summed E-state index contributed by atoms with van der Waals surface area (Å²) < 4.78 is 17.5. The maximum atomic E-state index is 13.8. The second kappa shape index (κ2) is 14.1. The molecule has 0 bridgehead atoms. The van der Waals surface area contributed by atoms with E-state index in [0.717, 1.165) is 5.56 Å².